The zero-order valence-electron chi connectivity index (χ0n) is 20.2. The minimum atomic E-state index is -3.92. The molecule has 0 heterocycles. The molecule has 0 bridgehead atoms. The van der Waals surface area contributed by atoms with Crippen LogP contribution in [-0.2, 0) is 32.6 Å². The molecule has 0 aromatic heterocycles. The standard InChI is InChI=1S/C26H26BrCl2N3O4S/c1-30-26(34)24(14-18-6-4-3-5-7-18)31(16-19-8-10-20(27)11-9-19)25(33)17-32(37(2,35)36)23-13-12-21(28)15-22(23)29/h3-13,15,24H,14,16-17H2,1-2H3,(H,30,34)/t24-/m0/s1. The van der Waals surface area contributed by atoms with E-state index in [0.29, 0.717) is 5.02 Å². The summed E-state index contributed by atoms with van der Waals surface area (Å²) in [4.78, 5) is 28.3. The van der Waals surface area contributed by atoms with Crippen molar-refractivity contribution in [1.82, 2.24) is 10.2 Å². The first kappa shape index (κ1) is 29.0. The number of rotatable bonds is 10. The van der Waals surface area contributed by atoms with Gasteiger partial charge in [-0.3, -0.25) is 13.9 Å². The Bertz CT molecular complexity index is 1360. The molecule has 7 nitrogen and oxygen atoms in total. The van der Waals surface area contributed by atoms with Crippen LogP contribution < -0.4 is 9.62 Å². The minimum Gasteiger partial charge on any atom is -0.357 e. The van der Waals surface area contributed by atoms with Gasteiger partial charge in [-0.15, -0.1) is 0 Å². The summed E-state index contributed by atoms with van der Waals surface area (Å²) in [5.41, 5.74) is 1.74. The first-order chi connectivity index (χ1) is 17.5. The molecule has 0 aliphatic carbocycles. The van der Waals surface area contributed by atoms with E-state index in [4.69, 9.17) is 23.2 Å². The molecule has 3 aromatic carbocycles. The summed E-state index contributed by atoms with van der Waals surface area (Å²) >= 11 is 15.7. The van der Waals surface area contributed by atoms with Crippen LogP contribution in [0, 0.1) is 0 Å². The van der Waals surface area contributed by atoms with Gasteiger partial charge in [-0.05, 0) is 41.5 Å². The van der Waals surface area contributed by atoms with Crippen molar-refractivity contribution in [2.75, 3.05) is 24.2 Å². The molecule has 0 spiro atoms. The third-order valence-electron chi connectivity index (χ3n) is 5.64. The number of nitrogens with zero attached hydrogens (tertiary/aromatic N) is 2. The summed E-state index contributed by atoms with van der Waals surface area (Å²) in [5.74, 6) is -0.936. The van der Waals surface area contributed by atoms with Gasteiger partial charge < -0.3 is 10.2 Å². The van der Waals surface area contributed by atoms with Gasteiger partial charge in [0.1, 0.15) is 12.6 Å². The van der Waals surface area contributed by atoms with Crippen molar-refractivity contribution in [3.63, 3.8) is 0 Å². The molecule has 0 saturated carbocycles. The average Bonchev–Trinajstić information content (AvgIpc) is 2.85. The number of likely N-dealkylation sites (N-methyl/N-ethyl adjacent to an activating group) is 1. The highest BCUT2D eigenvalue weighted by atomic mass is 79.9. The summed E-state index contributed by atoms with van der Waals surface area (Å²) in [6, 6.07) is 20.1. The highest BCUT2D eigenvalue weighted by Crippen LogP contribution is 2.30. The number of nitrogens with one attached hydrogen (secondary N) is 1. The number of hydrogen-bond donors (Lipinski definition) is 1. The first-order valence-corrected chi connectivity index (χ1v) is 14.6. The maximum Gasteiger partial charge on any atom is 0.244 e. The summed E-state index contributed by atoms with van der Waals surface area (Å²) in [6.07, 6.45) is 1.23. The van der Waals surface area contributed by atoms with Crippen molar-refractivity contribution in [2.24, 2.45) is 0 Å². The van der Waals surface area contributed by atoms with Crippen LogP contribution in [0.25, 0.3) is 0 Å². The Balaban J connectivity index is 2.04. The lowest BCUT2D eigenvalue weighted by molar-refractivity contribution is -0.139. The van der Waals surface area contributed by atoms with Crippen molar-refractivity contribution in [1.29, 1.82) is 0 Å². The normalized spacial score (nSPS) is 12.0. The van der Waals surface area contributed by atoms with Gasteiger partial charge in [0.2, 0.25) is 21.8 Å². The van der Waals surface area contributed by atoms with E-state index in [0.717, 1.165) is 26.2 Å². The lowest BCUT2D eigenvalue weighted by atomic mass is 10.0. The molecular formula is C26H26BrCl2N3O4S. The van der Waals surface area contributed by atoms with Gasteiger partial charge in [0.15, 0.2) is 0 Å². The smallest absolute Gasteiger partial charge is 0.244 e. The number of benzene rings is 3. The van der Waals surface area contributed by atoms with Crippen molar-refractivity contribution in [3.05, 3.63) is 98.4 Å². The predicted octanol–water partition coefficient (Wildman–Crippen LogP) is 4.91. The van der Waals surface area contributed by atoms with Crippen molar-refractivity contribution in [2.45, 2.75) is 19.0 Å². The van der Waals surface area contributed by atoms with Gasteiger partial charge >= 0.3 is 0 Å². The fraction of sp³-hybridized carbons (Fsp3) is 0.231. The van der Waals surface area contributed by atoms with E-state index in [1.165, 1.54) is 30.1 Å². The van der Waals surface area contributed by atoms with Crippen LogP contribution in [0.1, 0.15) is 11.1 Å². The number of hydrogen-bond acceptors (Lipinski definition) is 4. The number of carbonyl (C=O) groups excluding carboxylic acids is 2. The van der Waals surface area contributed by atoms with Crippen LogP contribution in [0.4, 0.5) is 5.69 Å². The van der Waals surface area contributed by atoms with Crippen LogP contribution in [0.2, 0.25) is 10.0 Å². The highest BCUT2D eigenvalue weighted by Gasteiger charge is 2.33. The zero-order valence-corrected chi connectivity index (χ0v) is 24.1. The quantitative estimate of drug-likeness (QED) is 0.347. The Hall–Kier alpha value is -2.59. The van der Waals surface area contributed by atoms with Gasteiger partial charge in [-0.25, -0.2) is 8.42 Å². The fourth-order valence-electron chi connectivity index (χ4n) is 3.79. The second kappa shape index (κ2) is 12.8. The molecule has 2 amide bonds. The van der Waals surface area contributed by atoms with Gasteiger partial charge in [0, 0.05) is 29.5 Å². The van der Waals surface area contributed by atoms with Crippen LogP contribution in [0.5, 0.6) is 0 Å². The molecule has 37 heavy (non-hydrogen) atoms. The second-order valence-corrected chi connectivity index (χ2v) is 12.0. The van der Waals surface area contributed by atoms with E-state index < -0.39 is 28.5 Å². The third kappa shape index (κ3) is 7.95. The molecule has 3 aromatic rings. The fourth-order valence-corrected chi connectivity index (χ4v) is 5.47. The zero-order chi connectivity index (χ0) is 27.2. The van der Waals surface area contributed by atoms with Gasteiger partial charge in [-0.1, -0.05) is 81.6 Å². The molecular weight excluding hydrogens is 601 g/mol. The maximum absolute atomic E-state index is 13.8. The molecule has 1 N–H and O–H groups in total. The van der Waals surface area contributed by atoms with E-state index in [1.54, 1.807) is 0 Å². The van der Waals surface area contributed by atoms with Crippen LogP contribution in [-0.4, -0.2) is 51.0 Å². The summed E-state index contributed by atoms with van der Waals surface area (Å²) in [6.45, 7) is -0.470. The van der Waals surface area contributed by atoms with E-state index in [9.17, 15) is 18.0 Å². The molecule has 0 aliphatic heterocycles. The van der Waals surface area contributed by atoms with E-state index in [2.05, 4.69) is 21.2 Å². The van der Waals surface area contributed by atoms with Gasteiger partial charge in [-0.2, -0.15) is 0 Å². The van der Waals surface area contributed by atoms with Crippen LogP contribution >= 0.6 is 39.1 Å². The summed E-state index contributed by atoms with van der Waals surface area (Å²) < 4.78 is 27.3. The summed E-state index contributed by atoms with van der Waals surface area (Å²) in [7, 11) is -2.42. The number of carbonyl (C=O) groups is 2. The minimum absolute atomic E-state index is 0.0809. The molecule has 3 rings (SSSR count). The van der Waals surface area contributed by atoms with E-state index in [1.807, 2.05) is 54.6 Å². The molecule has 0 aliphatic rings. The highest BCUT2D eigenvalue weighted by molar-refractivity contribution is 9.10. The first-order valence-electron chi connectivity index (χ1n) is 11.2. The van der Waals surface area contributed by atoms with Gasteiger partial charge in [0.25, 0.3) is 0 Å². The lowest BCUT2D eigenvalue weighted by Gasteiger charge is -2.33. The Morgan fingerprint density at radius 1 is 0.973 bits per heavy atom. The summed E-state index contributed by atoms with van der Waals surface area (Å²) in [5, 5.41) is 3.05. The largest absolute Gasteiger partial charge is 0.357 e. The lowest BCUT2D eigenvalue weighted by Crippen LogP contribution is -2.52. The second-order valence-electron chi connectivity index (χ2n) is 8.33. The monoisotopic (exact) mass is 625 g/mol. The Labute approximate surface area is 235 Å². The SMILES string of the molecule is CNC(=O)[C@H](Cc1ccccc1)N(Cc1ccc(Br)cc1)C(=O)CN(c1ccc(Cl)cc1Cl)S(C)(=O)=O. The molecule has 11 heteroatoms. The number of halogens is 3. The molecule has 196 valence electrons. The molecule has 0 unspecified atom stereocenters. The topological polar surface area (TPSA) is 86.8 Å². The third-order valence-corrected chi connectivity index (χ3v) is 7.83. The number of amides is 2. The van der Waals surface area contributed by atoms with Crippen molar-refractivity contribution >= 4 is 66.7 Å². The Morgan fingerprint density at radius 3 is 2.19 bits per heavy atom. The Morgan fingerprint density at radius 2 is 1.62 bits per heavy atom. The van der Waals surface area contributed by atoms with Crippen LogP contribution in [0.15, 0.2) is 77.3 Å². The van der Waals surface area contributed by atoms with Crippen molar-refractivity contribution < 1.29 is 18.0 Å². The van der Waals surface area contributed by atoms with Crippen molar-refractivity contribution in [3.8, 4) is 0 Å². The molecule has 1 atom stereocenters. The molecule has 0 radical (unpaired) electrons. The van der Waals surface area contributed by atoms with Crippen LogP contribution in [0.3, 0.4) is 0 Å². The number of sulfonamides is 1. The molecule has 0 saturated heterocycles. The molecule has 0 fully saturated rings. The predicted molar refractivity (Wildman–Crippen MR) is 151 cm³/mol. The van der Waals surface area contributed by atoms with E-state index in [-0.39, 0.29) is 29.6 Å². The maximum atomic E-state index is 13.8. The van der Waals surface area contributed by atoms with E-state index >= 15 is 0 Å². The number of anilines is 1. The van der Waals surface area contributed by atoms with Gasteiger partial charge in [0.05, 0.1) is 17.0 Å². The average molecular weight is 627 g/mol. The Kier molecular flexibility index (Phi) is 10.0.